The van der Waals surface area contributed by atoms with Gasteiger partial charge in [-0.15, -0.1) is 11.8 Å². The minimum atomic E-state index is 0.285. The van der Waals surface area contributed by atoms with Gasteiger partial charge in [0.1, 0.15) is 0 Å². The minimum absolute atomic E-state index is 0.285. The molecule has 1 heterocycles. The topological polar surface area (TPSA) is 21.3 Å². The van der Waals surface area contributed by atoms with Gasteiger partial charge in [-0.2, -0.15) is 0 Å². The molecular weight excluding hydrogens is 170 g/mol. The summed E-state index contributed by atoms with van der Waals surface area (Å²) in [5.41, 5.74) is 0. The van der Waals surface area contributed by atoms with Crippen LogP contribution in [0, 0.1) is 0 Å². The Hall–Kier alpha value is 0.270. The summed E-state index contributed by atoms with van der Waals surface area (Å²) < 4.78 is 5.55. The van der Waals surface area contributed by atoms with Crippen LogP contribution in [0.5, 0.6) is 0 Å². The monoisotopic (exact) mass is 187 g/mol. The van der Waals surface area contributed by atoms with E-state index in [2.05, 4.69) is 17.1 Å². The van der Waals surface area contributed by atoms with Gasteiger partial charge in [0.2, 0.25) is 0 Å². The molecule has 1 aliphatic heterocycles. The van der Waals surface area contributed by atoms with Gasteiger partial charge in [-0.1, -0.05) is 12.8 Å². The third kappa shape index (κ3) is 1.38. The number of thioether (sulfide) groups is 1. The van der Waals surface area contributed by atoms with E-state index in [1.54, 1.807) is 0 Å². The first-order chi connectivity index (χ1) is 5.87. The van der Waals surface area contributed by atoms with Crippen LogP contribution < -0.4 is 5.32 Å². The van der Waals surface area contributed by atoms with E-state index in [1.807, 2.05) is 7.11 Å². The van der Waals surface area contributed by atoms with E-state index in [0.29, 0.717) is 6.10 Å². The number of ether oxygens (including phenoxy) is 1. The highest BCUT2D eigenvalue weighted by molar-refractivity contribution is 8.00. The molecule has 1 N–H and O–H groups in total. The Morgan fingerprint density at radius 3 is 3.08 bits per heavy atom. The molecular formula is C9H17NOS. The Morgan fingerprint density at radius 2 is 2.42 bits per heavy atom. The zero-order chi connectivity index (χ0) is 8.44. The second-order valence-corrected chi connectivity index (χ2v) is 5.06. The van der Waals surface area contributed by atoms with Crippen LogP contribution in [-0.4, -0.2) is 30.4 Å². The van der Waals surface area contributed by atoms with Crippen molar-refractivity contribution in [3.05, 3.63) is 0 Å². The molecule has 1 spiro atoms. The van der Waals surface area contributed by atoms with Gasteiger partial charge in [-0.25, -0.2) is 0 Å². The van der Waals surface area contributed by atoms with Gasteiger partial charge in [0.25, 0.3) is 0 Å². The van der Waals surface area contributed by atoms with E-state index in [4.69, 9.17) is 4.74 Å². The summed E-state index contributed by atoms with van der Waals surface area (Å²) in [5.74, 6) is 1.25. The van der Waals surface area contributed by atoms with Gasteiger partial charge in [0, 0.05) is 19.4 Å². The van der Waals surface area contributed by atoms with E-state index < -0.39 is 0 Å². The Morgan fingerprint density at radius 1 is 1.50 bits per heavy atom. The van der Waals surface area contributed by atoms with Gasteiger partial charge in [0.05, 0.1) is 11.0 Å². The van der Waals surface area contributed by atoms with E-state index in [1.165, 1.54) is 31.4 Å². The number of hydrogen-bond acceptors (Lipinski definition) is 3. The van der Waals surface area contributed by atoms with Gasteiger partial charge in [-0.05, 0) is 12.8 Å². The fraction of sp³-hybridized carbons (Fsp3) is 1.00. The third-order valence-electron chi connectivity index (χ3n) is 2.96. The molecule has 12 heavy (non-hydrogen) atoms. The van der Waals surface area contributed by atoms with Crippen LogP contribution in [0.25, 0.3) is 0 Å². The lowest BCUT2D eigenvalue weighted by atomic mass is 9.91. The maximum absolute atomic E-state index is 5.55. The van der Waals surface area contributed by atoms with Crippen molar-refractivity contribution < 1.29 is 4.74 Å². The molecule has 2 fully saturated rings. The van der Waals surface area contributed by atoms with E-state index in [-0.39, 0.29) is 4.87 Å². The second-order valence-electron chi connectivity index (χ2n) is 3.63. The molecule has 2 aliphatic rings. The molecule has 1 aliphatic carbocycles. The molecule has 0 bridgehead atoms. The lowest BCUT2D eigenvalue weighted by Crippen LogP contribution is -2.50. The van der Waals surface area contributed by atoms with Crippen molar-refractivity contribution in [1.82, 2.24) is 5.32 Å². The van der Waals surface area contributed by atoms with Crippen LogP contribution in [0.4, 0.5) is 0 Å². The highest BCUT2D eigenvalue weighted by atomic mass is 32.2. The Bertz CT molecular complexity index is 157. The number of rotatable bonds is 1. The fourth-order valence-electron chi connectivity index (χ4n) is 2.33. The normalized spacial score (nSPS) is 42.2. The van der Waals surface area contributed by atoms with Crippen LogP contribution in [0.2, 0.25) is 0 Å². The maximum atomic E-state index is 5.55. The van der Waals surface area contributed by atoms with Crippen LogP contribution in [0.1, 0.15) is 25.7 Å². The maximum Gasteiger partial charge on any atom is 0.0910 e. The molecule has 0 aromatic carbocycles. The molecule has 3 heteroatoms. The summed E-state index contributed by atoms with van der Waals surface area (Å²) >= 11 is 2.06. The Kier molecular flexibility index (Phi) is 2.63. The first kappa shape index (κ1) is 8.85. The van der Waals surface area contributed by atoms with Gasteiger partial charge in [0.15, 0.2) is 0 Å². The summed E-state index contributed by atoms with van der Waals surface area (Å²) in [5, 5.41) is 3.61. The molecule has 2 nitrogen and oxygen atoms in total. The number of hydrogen-bond donors (Lipinski definition) is 1. The zero-order valence-corrected chi connectivity index (χ0v) is 8.45. The highest BCUT2D eigenvalue weighted by Crippen LogP contribution is 2.41. The lowest BCUT2D eigenvalue weighted by molar-refractivity contribution is 0.0315. The predicted octanol–water partition coefficient (Wildman–Crippen LogP) is 1.61. The molecule has 1 saturated heterocycles. The summed E-state index contributed by atoms with van der Waals surface area (Å²) in [6.07, 6.45) is 5.66. The predicted molar refractivity (Wildman–Crippen MR) is 52.5 cm³/mol. The van der Waals surface area contributed by atoms with Crippen LogP contribution >= 0.6 is 11.8 Å². The molecule has 0 amide bonds. The smallest absolute Gasteiger partial charge is 0.0910 e. The fourth-order valence-corrected chi connectivity index (χ4v) is 3.80. The van der Waals surface area contributed by atoms with Crippen LogP contribution in [0.15, 0.2) is 0 Å². The van der Waals surface area contributed by atoms with Crippen LogP contribution in [0.3, 0.4) is 0 Å². The Labute approximate surface area is 78.4 Å². The van der Waals surface area contributed by atoms with Crippen molar-refractivity contribution >= 4 is 11.8 Å². The molecule has 0 aromatic heterocycles. The summed E-state index contributed by atoms with van der Waals surface area (Å²) in [4.78, 5) is 0.285. The molecule has 70 valence electrons. The van der Waals surface area contributed by atoms with Crippen molar-refractivity contribution in [1.29, 1.82) is 0 Å². The van der Waals surface area contributed by atoms with E-state index in [9.17, 15) is 0 Å². The van der Waals surface area contributed by atoms with E-state index in [0.717, 1.165) is 6.54 Å². The van der Waals surface area contributed by atoms with Crippen LogP contribution in [-0.2, 0) is 4.74 Å². The molecule has 0 radical (unpaired) electrons. The van der Waals surface area contributed by atoms with Crippen molar-refractivity contribution in [3.8, 4) is 0 Å². The van der Waals surface area contributed by atoms with Crippen molar-refractivity contribution in [3.63, 3.8) is 0 Å². The average Bonchev–Trinajstić information content (AvgIpc) is 2.55. The number of methoxy groups -OCH3 is 1. The molecule has 2 unspecified atom stereocenters. The zero-order valence-electron chi connectivity index (χ0n) is 7.64. The molecule has 2 atom stereocenters. The quantitative estimate of drug-likeness (QED) is 0.674. The van der Waals surface area contributed by atoms with E-state index >= 15 is 0 Å². The first-order valence-electron chi connectivity index (χ1n) is 4.79. The van der Waals surface area contributed by atoms with Crippen molar-refractivity contribution in [2.45, 2.75) is 36.7 Å². The van der Waals surface area contributed by atoms with Crippen molar-refractivity contribution in [2.24, 2.45) is 0 Å². The summed E-state index contributed by atoms with van der Waals surface area (Å²) in [6, 6.07) is 0. The molecule has 1 saturated carbocycles. The lowest BCUT2D eigenvalue weighted by Gasteiger charge is -2.39. The van der Waals surface area contributed by atoms with Gasteiger partial charge in [-0.3, -0.25) is 5.32 Å². The van der Waals surface area contributed by atoms with Crippen molar-refractivity contribution in [2.75, 3.05) is 19.4 Å². The summed E-state index contributed by atoms with van der Waals surface area (Å²) in [6.45, 7) is 1.16. The third-order valence-corrected chi connectivity index (χ3v) is 4.49. The highest BCUT2D eigenvalue weighted by Gasteiger charge is 2.43. The first-order valence-corrected chi connectivity index (χ1v) is 5.78. The summed E-state index contributed by atoms with van der Waals surface area (Å²) in [7, 11) is 1.85. The largest absolute Gasteiger partial charge is 0.379 e. The van der Waals surface area contributed by atoms with Gasteiger partial charge >= 0.3 is 0 Å². The standard InChI is InChI=1S/C9H17NOS/c1-11-8-4-2-3-5-9(8)10-6-7-12-9/h8,10H,2-7H2,1H3. The molecule has 0 aromatic rings. The molecule has 2 rings (SSSR count). The van der Waals surface area contributed by atoms with Gasteiger partial charge < -0.3 is 4.74 Å². The average molecular weight is 187 g/mol. The minimum Gasteiger partial charge on any atom is -0.379 e. The number of nitrogens with one attached hydrogen (secondary N) is 1. The Balaban J connectivity index is 2.07. The second kappa shape index (κ2) is 3.56. The SMILES string of the molecule is COC1CCCCC12NCCS2.